The molecule has 1 atom stereocenters. The van der Waals surface area contributed by atoms with Gasteiger partial charge in [0.2, 0.25) is 0 Å². The molecule has 2 aromatic rings. The summed E-state index contributed by atoms with van der Waals surface area (Å²) >= 11 is 6.34. The standard InChI is InChI=1S/C22H26ClFN4O2/c23-16-5-3-6-17(24)21(16)18(28-9-1-2-10-28)14-26-22(25)27-15-7-8-19-20(13-15)30-12-4-11-29-19/h3,5-8,13,18H,1-2,4,9-12,14H2,(H3,25,26,27). The van der Waals surface area contributed by atoms with Crippen molar-refractivity contribution in [3.05, 3.63) is 52.8 Å². The Kier molecular flexibility index (Phi) is 6.59. The van der Waals surface area contributed by atoms with Crippen LogP contribution >= 0.6 is 11.6 Å². The largest absolute Gasteiger partial charge is 0.490 e. The molecule has 3 N–H and O–H groups in total. The van der Waals surface area contributed by atoms with Crippen molar-refractivity contribution in [1.29, 1.82) is 0 Å². The average Bonchev–Trinajstić information content (AvgIpc) is 3.15. The van der Waals surface area contributed by atoms with Crippen molar-refractivity contribution in [3.63, 3.8) is 0 Å². The number of hydrogen-bond donors (Lipinski definition) is 2. The number of halogens is 2. The van der Waals surface area contributed by atoms with E-state index >= 15 is 0 Å². The van der Waals surface area contributed by atoms with Crippen molar-refractivity contribution in [2.75, 3.05) is 38.2 Å². The predicted octanol–water partition coefficient (Wildman–Crippen LogP) is 4.20. The van der Waals surface area contributed by atoms with Gasteiger partial charge in [0.05, 0.1) is 25.8 Å². The van der Waals surface area contributed by atoms with Crippen LogP contribution in [0.15, 0.2) is 41.4 Å². The number of aliphatic imine (C=N–C) groups is 1. The van der Waals surface area contributed by atoms with Gasteiger partial charge in [0.15, 0.2) is 17.5 Å². The fourth-order valence-corrected chi connectivity index (χ4v) is 4.17. The molecule has 6 nitrogen and oxygen atoms in total. The number of ether oxygens (including phenoxy) is 2. The average molecular weight is 433 g/mol. The first-order valence-corrected chi connectivity index (χ1v) is 10.6. The van der Waals surface area contributed by atoms with Crippen molar-refractivity contribution in [1.82, 2.24) is 4.90 Å². The smallest absolute Gasteiger partial charge is 0.193 e. The van der Waals surface area contributed by atoms with E-state index in [0.717, 1.165) is 43.8 Å². The van der Waals surface area contributed by atoms with Gasteiger partial charge >= 0.3 is 0 Å². The summed E-state index contributed by atoms with van der Waals surface area (Å²) in [6, 6.07) is 10.1. The molecule has 0 bridgehead atoms. The van der Waals surface area contributed by atoms with E-state index in [1.54, 1.807) is 12.1 Å². The Balaban J connectivity index is 1.50. The number of nitrogens with zero attached hydrogens (tertiary/aromatic N) is 2. The summed E-state index contributed by atoms with van der Waals surface area (Å²) in [6.07, 6.45) is 3.01. The highest BCUT2D eigenvalue weighted by Gasteiger charge is 2.27. The number of fused-ring (bicyclic) bond motifs is 1. The minimum absolute atomic E-state index is 0.251. The highest BCUT2D eigenvalue weighted by atomic mass is 35.5. The van der Waals surface area contributed by atoms with Gasteiger partial charge in [-0.15, -0.1) is 0 Å². The summed E-state index contributed by atoms with van der Waals surface area (Å²) in [6.45, 7) is 3.34. The third-order valence-corrected chi connectivity index (χ3v) is 5.70. The van der Waals surface area contributed by atoms with Gasteiger partial charge in [-0.2, -0.15) is 0 Å². The molecule has 1 unspecified atom stereocenters. The fraction of sp³-hybridized carbons (Fsp3) is 0.409. The topological polar surface area (TPSA) is 72.1 Å². The zero-order valence-corrected chi connectivity index (χ0v) is 17.5. The highest BCUT2D eigenvalue weighted by molar-refractivity contribution is 6.31. The van der Waals surface area contributed by atoms with Crippen LogP contribution in [0.2, 0.25) is 5.02 Å². The molecule has 0 spiro atoms. The molecule has 0 saturated carbocycles. The van der Waals surface area contributed by atoms with Gasteiger partial charge in [0.25, 0.3) is 0 Å². The van der Waals surface area contributed by atoms with Crippen LogP contribution in [-0.4, -0.2) is 43.7 Å². The van der Waals surface area contributed by atoms with Crippen LogP contribution in [0, 0.1) is 5.82 Å². The minimum Gasteiger partial charge on any atom is -0.490 e. The molecule has 30 heavy (non-hydrogen) atoms. The lowest BCUT2D eigenvalue weighted by Gasteiger charge is -2.27. The number of guanidine groups is 1. The van der Waals surface area contributed by atoms with Gasteiger partial charge < -0.3 is 20.5 Å². The Labute approximate surface area is 180 Å². The zero-order valence-electron chi connectivity index (χ0n) is 16.7. The first kappa shape index (κ1) is 20.8. The van der Waals surface area contributed by atoms with Gasteiger partial charge in [0, 0.05) is 28.8 Å². The second kappa shape index (κ2) is 9.53. The number of nitrogens with one attached hydrogen (secondary N) is 1. The van der Waals surface area contributed by atoms with E-state index < -0.39 is 0 Å². The van der Waals surface area contributed by atoms with Crippen LogP contribution in [0.1, 0.15) is 30.9 Å². The SMILES string of the molecule is NC(=NCC(c1c(F)cccc1Cl)N1CCCC1)Nc1ccc2c(c1)OCCCO2. The summed E-state index contributed by atoms with van der Waals surface area (Å²) in [4.78, 5) is 6.71. The van der Waals surface area contributed by atoms with Gasteiger partial charge in [-0.1, -0.05) is 17.7 Å². The normalized spacial score (nSPS) is 18.1. The predicted molar refractivity (Wildman–Crippen MR) is 117 cm³/mol. The maximum atomic E-state index is 14.6. The molecule has 8 heteroatoms. The highest BCUT2D eigenvalue weighted by Crippen LogP contribution is 2.33. The van der Waals surface area contributed by atoms with E-state index in [9.17, 15) is 4.39 Å². The van der Waals surface area contributed by atoms with Gasteiger partial charge in [-0.05, 0) is 50.2 Å². The van der Waals surface area contributed by atoms with E-state index in [0.29, 0.717) is 36.1 Å². The number of benzene rings is 2. The Morgan fingerprint density at radius 1 is 1.13 bits per heavy atom. The minimum atomic E-state index is -0.316. The molecule has 0 amide bonds. The first-order chi connectivity index (χ1) is 14.6. The van der Waals surface area contributed by atoms with Gasteiger partial charge in [-0.25, -0.2) is 4.39 Å². The van der Waals surface area contributed by atoms with Crippen molar-refractivity contribution in [2.24, 2.45) is 10.7 Å². The lowest BCUT2D eigenvalue weighted by Crippen LogP contribution is -2.31. The van der Waals surface area contributed by atoms with Crippen molar-refractivity contribution >= 4 is 23.2 Å². The molecule has 0 aromatic heterocycles. The molecule has 2 aromatic carbocycles. The zero-order chi connectivity index (χ0) is 20.9. The number of hydrogen-bond acceptors (Lipinski definition) is 4. The molecule has 2 aliphatic heterocycles. The summed E-state index contributed by atoms with van der Waals surface area (Å²) in [7, 11) is 0. The van der Waals surface area contributed by atoms with Crippen LogP contribution in [0.4, 0.5) is 10.1 Å². The van der Waals surface area contributed by atoms with Crippen molar-refractivity contribution in [3.8, 4) is 11.5 Å². The summed E-state index contributed by atoms with van der Waals surface area (Å²) < 4.78 is 25.9. The molecular weight excluding hydrogens is 407 g/mol. The molecule has 0 radical (unpaired) electrons. The lowest BCUT2D eigenvalue weighted by atomic mass is 10.0. The van der Waals surface area contributed by atoms with E-state index in [2.05, 4.69) is 15.2 Å². The third kappa shape index (κ3) is 4.79. The van der Waals surface area contributed by atoms with E-state index in [1.807, 2.05) is 18.2 Å². The Morgan fingerprint density at radius 2 is 1.90 bits per heavy atom. The second-order valence-corrected chi connectivity index (χ2v) is 7.86. The maximum absolute atomic E-state index is 14.6. The van der Waals surface area contributed by atoms with Crippen LogP contribution in [0.3, 0.4) is 0 Å². The molecule has 0 aliphatic carbocycles. The Morgan fingerprint density at radius 3 is 2.67 bits per heavy atom. The fourth-order valence-electron chi connectivity index (χ4n) is 3.88. The van der Waals surface area contributed by atoms with E-state index in [-0.39, 0.29) is 17.8 Å². The molecule has 1 saturated heterocycles. The molecule has 4 rings (SSSR count). The van der Waals surface area contributed by atoms with E-state index in [1.165, 1.54) is 6.07 Å². The molecule has 160 valence electrons. The van der Waals surface area contributed by atoms with E-state index in [4.69, 9.17) is 26.8 Å². The van der Waals surface area contributed by atoms with Gasteiger partial charge in [-0.3, -0.25) is 9.89 Å². The Bertz CT molecular complexity index is 898. The van der Waals surface area contributed by atoms with Gasteiger partial charge in [0.1, 0.15) is 5.82 Å². The summed E-state index contributed by atoms with van der Waals surface area (Å²) in [5.74, 6) is 1.33. The van der Waals surface area contributed by atoms with Crippen LogP contribution < -0.4 is 20.5 Å². The lowest BCUT2D eigenvalue weighted by molar-refractivity contribution is 0.246. The van der Waals surface area contributed by atoms with Crippen LogP contribution in [0.25, 0.3) is 0 Å². The quantitative estimate of drug-likeness (QED) is 0.547. The summed E-state index contributed by atoms with van der Waals surface area (Å²) in [5.41, 5.74) is 7.37. The molecule has 2 heterocycles. The number of nitrogens with two attached hydrogens (primary N) is 1. The van der Waals surface area contributed by atoms with Crippen LogP contribution in [-0.2, 0) is 0 Å². The molecule has 2 aliphatic rings. The monoisotopic (exact) mass is 432 g/mol. The maximum Gasteiger partial charge on any atom is 0.193 e. The number of likely N-dealkylation sites (tertiary alicyclic amines) is 1. The second-order valence-electron chi connectivity index (χ2n) is 7.46. The Hall–Kier alpha value is -2.51. The summed E-state index contributed by atoms with van der Waals surface area (Å²) in [5, 5.41) is 3.50. The molecule has 1 fully saturated rings. The molecular formula is C22H26ClFN4O2. The number of anilines is 1. The van der Waals surface area contributed by atoms with Crippen molar-refractivity contribution < 1.29 is 13.9 Å². The first-order valence-electron chi connectivity index (χ1n) is 10.3. The van der Waals surface area contributed by atoms with Crippen molar-refractivity contribution in [2.45, 2.75) is 25.3 Å². The van der Waals surface area contributed by atoms with Crippen LogP contribution in [0.5, 0.6) is 11.5 Å². The third-order valence-electron chi connectivity index (χ3n) is 5.37. The number of rotatable bonds is 5.